The molecule has 354 valence electrons. The number of nitrogens with two attached hydrogens (primary N) is 2. The van der Waals surface area contributed by atoms with E-state index >= 15 is 0 Å². The van der Waals surface area contributed by atoms with Gasteiger partial charge in [0.25, 0.3) is 6.47 Å². The maximum absolute atomic E-state index is 11.8. The molecule has 4 fully saturated rings. The topological polar surface area (TPSA) is 219 Å². The lowest BCUT2D eigenvalue weighted by Gasteiger charge is -2.61. The predicted molar refractivity (Wildman–Crippen MR) is 256 cm³/mol. The van der Waals surface area contributed by atoms with Gasteiger partial charge in [-0.05, 0) is 85.9 Å². The first kappa shape index (κ1) is 47.8. The molecule has 0 bridgehead atoms. The Morgan fingerprint density at radius 2 is 1.65 bits per heavy atom. The first-order valence-corrected chi connectivity index (χ1v) is 23.2. The number of carbonyl (C=O) groups excluding carboxylic acids is 3. The van der Waals surface area contributed by atoms with E-state index in [0.29, 0.717) is 67.0 Å². The van der Waals surface area contributed by atoms with Gasteiger partial charge in [0.15, 0.2) is 0 Å². The molecule has 3 amide bonds. The van der Waals surface area contributed by atoms with Crippen LogP contribution in [0, 0.1) is 10.8 Å². The number of benzene rings is 2. The van der Waals surface area contributed by atoms with E-state index in [1.54, 1.807) is 30.1 Å². The summed E-state index contributed by atoms with van der Waals surface area (Å²) in [5, 5.41) is 22.2. The summed E-state index contributed by atoms with van der Waals surface area (Å²) in [4.78, 5) is 54.7. The Morgan fingerprint density at radius 1 is 0.970 bits per heavy atom. The fourth-order valence-electron chi connectivity index (χ4n) is 9.89. The number of phenols is 1. The molecular formula is C50H68N10O6. The highest BCUT2D eigenvalue weighted by molar-refractivity contribution is 5.86. The average Bonchev–Trinajstić information content (AvgIpc) is 3.86. The highest BCUT2D eigenvalue weighted by Crippen LogP contribution is 2.51. The molecule has 5 aliphatic rings. The molecule has 3 saturated heterocycles. The van der Waals surface area contributed by atoms with Gasteiger partial charge in [-0.1, -0.05) is 63.2 Å². The number of fused-ring (bicyclic) bond motifs is 1. The summed E-state index contributed by atoms with van der Waals surface area (Å²) in [7, 11) is 1.70. The standard InChI is InChI=1S/C32H41N9O2.C10H19NO2.C8H8O2/c1-35-31(43)41-18-32(19-41)13-22(14-32)39-9-6-20(7-10-39)21-15-36-30(37-16-21)40-11-8-27-25(17-40)24(29(34)38-27)12-26(33)23-4-2-3-5-28(23)42;1-10(2,3)6-9(13)11-5-4-8(12)7-11;9-7-10-6-8-4-2-1-3-5-8/h2-5,12,15-16,20,22,38,42H,6-11,13-14,17-19,33-34H2,1H3,(H,35,43);8,12H,4-7H2,1-3H3;1-5,7H,6H2/b26-12-;;. The third-order valence-corrected chi connectivity index (χ3v) is 13.5. The first-order valence-electron chi connectivity index (χ1n) is 23.2. The Kier molecular flexibility index (Phi) is 15.2. The third kappa shape index (κ3) is 11.8. The van der Waals surface area contributed by atoms with Crippen LogP contribution >= 0.6 is 0 Å². The summed E-state index contributed by atoms with van der Waals surface area (Å²) in [5.74, 6) is 2.09. The van der Waals surface area contributed by atoms with E-state index in [9.17, 15) is 24.6 Å². The van der Waals surface area contributed by atoms with Crippen molar-refractivity contribution in [2.24, 2.45) is 16.6 Å². The van der Waals surface area contributed by atoms with E-state index < -0.39 is 0 Å². The van der Waals surface area contributed by atoms with Crippen molar-refractivity contribution in [2.75, 3.05) is 63.5 Å². The number of nitrogen functional groups attached to an aromatic ring is 1. The van der Waals surface area contributed by atoms with Crippen LogP contribution in [0.5, 0.6) is 5.75 Å². The van der Waals surface area contributed by atoms with Gasteiger partial charge in [-0.15, -0.1) is 0 Å². The van der Waals surface area contributed by atoms with Gasteiger partial charge in [0.1, 0.15) is 18.2 Å². The number of phenolic OH excluding ortho intramolecular Hbond substituents is 1. The van der Waals surface area contributed by atoms with Crippen LogP contribution in [0.15, 0.2) is 67.0 Å². The molecule has 66 heavy (non-hydrogen) atoms. The maximum atomic E-state index is 11.8. The summed E-state index contributed by atoms with van der Waals surface area (Å²) in [6, 6.07) is 17.3. The molecule has 1 atom stereocenters. The second-order valence-corrected chi connectivity index (χ2v) is 19.7. The van der Waals surface area contributed by atoms with Gasteiger partial charge in [0.05, 0.1) is 6.10 Å². The number of β-amino-alcohol motifs (C(OH)–C–C–N with tert-alkyl or cyclic N) is 1. The predicted octanol–water partition coefficient (Wildman–Crippen LogP) is 5.47. The molecule has 4 aliphatic heterocycles. The number of H-pyrrole nitrogens is 1. The van der Waals surface area contributed by atoms with Crippen molar-refractivity contribution in [1.82, 2.24) is 35.0 Å². The van der Waals surface area contributed by atoms with Crippen LogP contribution in [0.4, 0.5) is 16.6 Å². The third-order valence-electron chi connectivity index (χ3n) is 13.5. The van der Waals surface area contributed by atoms with Crippen molar-refractivity contribution < 1.29 is 29.3 Å². The van der Waals surface area contributed by atoms with E-state index in [0.717, 1.165) is 93.3 Å². The lowest BCUT2D eigenvalue weighted by atomic mass is 9.60. The number of piperidine rings is 1. The monoisotopic (exact) mass is 905 g/mol. The zero-order valence-corrected chi connectivity index (χ0v) is 38.9. The lowest BCUT2D eigenvalue weighted by molar-refractivity contribution is -0.132. The van der Waals surface area contributed by atoms with Crippen LogP contribution in [0.1, 0.15) is 98.7 Å². The summed E-state index contributed by atoms with van der Waals surface area (Å²) < 4.78 is 4.54. The molecule has 1 spiro atoms. The normalized spacial score (nSPS) is 19.6. The van der Waals surface area contributed by atoms with Gasteiger partial charge < -0.3 is 56.3 Å². The molecule has 9 rings (SSSR count). The number of aliphatic hydroxyl groups excluding tert-OH is 1. The Morgan fingerprint density at radius 3 is 2.27 bits per heavy atom. The summed E-state index contributed by atoms with van der Waals surface area (Å²) in [6.07, 6.45) is 12.4. The molecular weight excluding hydrogens is 837 g/mol. The van der Waals surface area contributed by atoms with Crippen LogP contribution in [0.3, 0.4) is 0 Å². The number of carbonyl (C=O) groups is 3. The van der Waals surface area contributed by atoms with E-state index in [1.807, 2.05) is 59.8 Å². The first-order chi connectivity index (χ1) is 31.6. The quantitative estimate of drug-likeness (QED) is 0.115. The smallest absolute Gasteiger partial charge is 0.317 e. The molecule has 1 aliphatic carbocycles. The highest BCUT2D eigenvalue weighted by atomic mass is 16.5. The van der Waals surface area contributed by atoms with Crippen molar-refractivity contribution in [3.05, 3.63) is 101 Å². The van der Waals surface area contributed by atoms with Gasteiger partial charge in [0, 0.05) is 111 Å². The van der Waals surface area contributed by atoms with E-state index in [1.165, 1.54) is 18.4 Å². The van der Waals surface area contributed by atoms with Crippen molar-refractivity contribution in [2.45, 2.75) is 96.9 Å². The van der Waals surface area contributed by atoms with Crippen molar-refractivity contribution in [3.63, 3.8) is 0 Å². The van der Waals surface area contributed by atoms with E-state index in [-0.39, 0.29) is 29.2 Å². The van der Waals surface area contributed by atoms with Crippen LogP contribution in [-0.4, -0.2) is 123 Å². The number of urea groups is 1. The number of nitrogens with zero attached hydrogens (tertiary/aromatic N) is 6. The number of aliphatic hydroxyl groups is 1. The van der Waals surface area contributed by atoms with Crippen LogP contribution in [0.2, 0.25) is 0 Å². The number of hydrogen-bond acceptors (Lipinski definition) is 12. The molecule has 0 radical (unpaired) electrons. The number of likely N-dealkylation sites (tertiary alicyclic amines) is 3. The zero-order valence-electron chi connectivity index (χ0n) is 38.9. The second kappa shape index (κ2) is 21.0. The van der Waals surface area contributed by atoms with E-state index in [4.69, 9.17) is 21.4 Å². The molecule has 16 nitrogen and oxygen atoms in total. The van der Waals surface area contributed by atoms with Crippen molar-refractivity contribution in [3.8, 4) is 5.75 Å². The van der Waals surface area contributed by atoms with Gasteiger partial charge in [-0.25, -0.2) is 14.8 Å². The second-order valence-electron chi connectivity index (χ2n) is 19.7. The Bertz CT molecular complexity index is 2290. The number of hydrogen-bond donors (Lipinski definition) is 6. The molecule has 2 aromatic heterocycles. The number of para-hydroxylation sites is 1. The molecule has 8 N–H and O–H groups in total. The lowest BCUT2D eigenvalue weighted by Crippen LogP contribution is -2.68. The molecule has 1 saturated carbocycles. The number of anilines is 2. The van der Waals surface area contributed by atoms with Gasteiger partial charge in [0.2, 0.25) is 11.9 Å². The molecule has 16 heteroatoms. The number of amides is 3. The highest BCUT2D eigenvalue weighted by Gasteiger charge is 2.55. The number of aromatic hydroxyl groups is 1. The maximum Gasteiger partial charge on any atom is 0.317 e. The van der Waals surface area contributed by atoms with Crippen molar-refractivity contribution in [1.29, 1.82) is 0 Å². The van der Waals surface area contributed by atoms with Crippen molar-refractivity contribution >= 4 is 41.9 Å². The fraction of sp³-hybridized carbons (Fsp3) is 0.500. The molecule has 1 unspecified atom stereocenters. The minimum absolute atomic E-state index is 0.0463. The van der Waals surface area contributed by atoms with Crippen LogP contribution < -0.4 is 21.7 Å². The summed E-state index contributed by atoms with van der Waals surface area (Å²) >= 11 is 0. The number of rotatable bonds is 9. The number of aromatic nitrogens is 3. The minimum atomic E-state index is -0.302. The van der Waals surface area contributed by atoms with Gasteiger partial charge in [-0.2, -0.15) is 0 Å². The minimum Gasteiger partial charge on any atom is -0.507 e. The number of aromatic amines is 1. The SMILES string of the molecule is CC(C)(C)CC(=O)N1CCC(O)C1.CNC(=O)N1CC2(CC(N3CCC(c4cnc(N5CCc6[nH]c(N)c(/C=C(\N)c7ccccc7O)c6C5)nc4)CC3)C2)C1.O=COCc1ccccc1. The molecule has 4 aromatic rings. The van der Waals surface area contributed by atoms with Gasteiger partial charge in [-0.3, -0.25) is 9.59 Å². The van der Waals surface area contributed by atoms with Crippen LogP contribution in [0.25, 0.3) is 11.8 Å². The van der Waals surface area contributed by atoms with Gasteiger partial charge >= 0.3 is 6.03 Å². The van der Waals surface area contributed by atoms with E-state index in [2.05, 4.69) is 45.6 Å². The zero-order chi connectivity index (χ0) is 47.0. The largest absolute Gasteiger partial charge is 0.507 e. The Balaban J connectivity index is 0.000000230. The molecule has 2 aromatic carbocycles. The average molecular weight is 905 g/mol. The molecule has 6 heterocycles. The number of nitrogens with one attached hydrogen (secondary N) is 2. The Hall–Kier alpha value is -6.13. The summed E-state index contributed by atoms with van der Waals surface area (Å²) in [5.41, 5.74) is 19.5. The summed E-state index contributed by atoms with van der Waals surface area (Å²) in [6.45, 7) is 13.7. The van der Waals surface area contributed by atoms with Crippen LogP contribution in [-0.2, 0) is 33.9 Å². The number of ether oxygens (including phenoxy) is 1. The fourth-order valence-corrected chi connectivity index (χ4v) is 9.89. The Labute approximate surface area is 388 Å².